The number of nitrogens with zero attached hydrogens (tertiary/aromatic N) is 2. The Balaban J connectivity index is 1.67. The van der Waals surface area contributed by atoms with Crippen molar-refractivity contribution in [3.8, 4) is 5.75 Å². The van der Waals surface area contributed by atoms with Crippen LogP contribution in [0.15, 0.2) is 12.1 Å². The summed E-state index contributed by atoms with van der Waals surface area (Å²) in [6.45, 7) is 3.95. The first-order valence-electron chi connectivity index (χ1n) is 8.45. The molecule has 2 fully saturated rings. The number of hydrogen-bond donors (Lipinski definition) is 0. The predicted molar refractivity (Wildman–Crippen MR) is 97.3 cm³/mol. The highest BCUT2D eigenvalue weighted by atomic mass is 35.5. The summed E-state index contributed by atoms with van der Waals surface area (Å²) in [5, 5.41) is 0.745. The van der Waals surface area contributed by atoms with E-state index in [0.29, 0.717) is 26.8 Å². The van der Waals surface area contributed by atoms with E-state index in [0.717, 1.165) is 39.0 Å². The summed E-state index contributed by atoms with van der Waals surface area (Å²) >= 11 is 12.3. The molecule has 0 bridgehead atoms. The second kappa shape index (κ2) is 7.11. The van der Waals surface area contributed by atoms with E-state index in [1.807, 2.05) is 4.90 Å². The Morgan fingerprint density at radius 1 is 1.04 bits per heavy atom. The van der Waals surface area contributed by atoms with Crippen LogP contribution in [0.3, 0.4) is 0 Å². The molecule has 1 aromatic carbocycles. The minimum absolute atomic E-state index is 0.00392. The number of likely N-dealkylation sites (tertiary alicyclic amines) is 2. The van der Waals surface area contributed by atoms with Gasteiger partial charge in [0.25, 0.3) is 5.91 Å². The van der Waals surface area contributed by atoms with E-state index in [1.54, 1.807) is 12.1 Å². The second-order valence-corrected chi connectivity index (χ2v) is 7.88. The number of hydrogen-bond acceptors (Lipinski definition) is 3. The average Bonchev–Trinajstić information content (AvgIpc) is 2.57. The number of amides is 1. The lowest BCUT2D eigenvalue weighted by molar-refractivity contribution is 0.0352. The Bertz CT molecular complexity index is 594. The Hall–Kier alpha value is -0.970. The number of halogens is 2. The molecule has 2 heterocycles. The highest BCUT2D eigenvalue weighted by Gasteiger charge is 2.38. The maximum absolute atomic E-state index is 12.8. The normalized spacial score (nSPS) is 21.1. The molecule has 2 aliphatic heterocycles. The lowest BCUT2D eigenvalue weighted by Gasteiger charge is -2.46. The third kappa shape index (κ3) is 3.51. The largest absolute Gasteiger partial charge is 0.494 e. The van der Waals surface area contributed by atoms with Gasteiger partial charge in [0.15, 0.2) is 5.75 Å². The number of carbonyl (C=O) groups excluding carboxylic acids is 1. The van der Waals surface area contributed by atoms with E-state index in [1.165, 1.54) is 20.0 Å². The summed E-state index contributed by atoms with van der Waals surface area (Å²) in [6, 6.07) is 3.29. The Labute approximate surface area is 153 Å². The SMILES string of the molecule is COc1c(Cl)cc(C(=O)N2CCC3(CCN(C)CC3)CC2)cc1Cl. The number of carbonyl (C=O) groups is 1. The van der Waals surface area contributed by atoms with Gasteiger partial charge in [-0.3, -0.25) is 4.79 Å². The first-order chi connectivity index (χ1) is 11.4. The Morgan fingerprint density at radius 2 is 1.54 bits per heavy atom. The molecule has 132 valence electrons. The monoisotopic (exact) mass is 370 g/mol. The molecule has 1 amide bonds. The van der Waals surface area contributed by atoms with E-state index in [4.69, 9.17) is 27.9 Å². The quantitative estimate of drug-likeness (QED) is 0.789. The van der Waals surface area contributed by atoms with E-state index in [-0.39, 0.29) is 5.91 Å². The van der Waals surface area contributed by atoms with Crippen molar-refractivity contribution in [3.63, 3.8) is 0 Å². The standard InChI is InChI=1S/C18H24Cl2N2O2/c1-21-7-3-18(4-8-21)5-9-22(10-6-18)17(23)13-11-14(19)16(24-2)15(20)12-13/h11-12H,3-10H2,1-2H3. The molecule has 1 aromatic rings. The van der Waals surface area contributed by atoms with Crippen LogP contribution in [0, 0.1) is 5.41 Å². The lowest BCUT2D eigenvalue weighted by atomic mass is 9.71. The van der Waals surface area contributed by atoms with Gasteiger partial charge in [0.2, 0.25) is 0 Å². The molecule has 0 radical (unpaired) electrons. The van der Waals surface area contributed by atoms with Crippen molar-refractivity contribution in [1.29, 1.82) is 0 Å². The maximum atomic E-state index is 12.8. The fraction of sp³-hybridized carbons (Fsp3) is 0.611. The highest BCUT2D eigenvalue weighted by Crippen LogP contribution is 2.41. The van der Waals surface area contributed by atoms with Crippen LogP contribution in [0.1, 0.15) is 36.0 Å². The van der Waals surface area contributed by atoms with E-state index < -0.39 is 0 Å². The molecule has 2 aliphatic rings. The lowest BCUT2D eigenvalue weighted by Crippen LogP contribution is -2.47. The molecule has 0 unspecified atom stereocenters. The fourth-order valence-electron chi connectivity index (χ4n) is 3.84. The molecule has 0 atom stereocenters. The summed E-state index contributed by atoms with van der Waals surface area (Å²) < 4.78 is 5.15. The van der Waals surface area contributed by atoms with Gasteiger partial charge in [-0.05, 0) is 63.4 Å². The van der Waals surface area contributed by atoms with E-state index in [9.17, 15) is 4.79 Å². The zero-order chi connectivity index (χ0) is 17.3. The predicted octanol–water partition coefficient (Wildman–Crippen LogP) is 3.95. The molecular weight excluding hydrogens is 347 g/mol. The number of ether oxygens (including phenoxy) is 1. The second-order valence-electron chi connectivity index (χ2n) is 7.07. The first kappa shape index (κ1) is 17.8. The van der Waals surface area contributed by atoms with Gasteiger partial charge in [-0.25, -0.2) is 0 Å². The van der Waals surface area contributed by atoms with Crippen molar-refractivity contribution >= 4 is 29.1 Å². The summed E-state index contributed by atoms with van der Waals surface area (Å²) in [5.74, 6) is 0.419. The van der Waals surface area contributed by atoms with Gasteiger partial charge in [-0.1, -0.05) is 23.2 Å². The van der Waals surface area contributed by atoms with Crippen molar-refractivity contribution in [2.45, 2.75) is 25.7 Å². The van der Waals surface area contributed by atoms with Gasteiger partial charge >= 0.3 is 0 Å². The van der Waals surface area contributed by atoms with Crippen molar-refractivity contribution in [2.24, 2.45) is 5.41 Å². The molecule has 3 rings (SSSR count). The van der Waals surface area contributed by atoms with Gasteiger partial charge < -0.3 is 14.5 Å². The van der Waals surface area contributed by atoms with Crippen LogP contribution >= 0.6 is 23.2 Å². The van der Waals surface area contributed by atoms with Crippen LogP contribution in [0.4, 0.5) is 0 Å². The molecule has 24 heavy (non-hydrogen) atoms. The summed E-state index contributed by atoms with van der Waals surface area (Å²) in [7, 11) is 3.70. The van der Waals surface area contributed by atoms with Gasteiger partial charge in [-0.15, -0.1) is 0 Å². The molecular formula is C18H24Cl2N2O2. The molecule has 2 saturated heterocycles. The van der Waals surface area contributed by atoms with Crippen LogP contribution < -0.4 is 4.74 Å². The number of rotatable bonds is 2. The summed E-state index contributed by atoms with van der Waals surface area (Å²) in [6.07, 6.45) is 4.66. The zero-order valence-corrected chi connectivity index (χ0v) is 15.8. The Morgan fingerprint density at radius 3 is 2.04 bits per heavy atom. The molecule has 0 saturated carbocycles. The first-order valence-corrected chi connectivity index (χ1v) is 9.21. The molecule has 0 aliphatic carbocycles. The summed E-state index contributed by atoms with van der Waals surface area (Å²) in [5.41, 5.74) is 0.962. The smallest absolute Gasteiger partial charge is 0.253 e. The van der Waals surface area contributed by atoms with Crippen LogP contribution in [0.25, 0.3) is 0 Å². The molecule has 4 nitrogen and oxygen atoms in total. The molecule has 0 aromatic heterocycles. The number of benzene rings is 1. The molecule has 1 spiro atoms. The van der Waals surface area contributed by atoms with Crippen molar-refractivity contribution < 1.29 is 9.53 Å². The minimum atomic E-state index is 0.00392. The van der Waals surface area contributed by atoms with Gasteiger partial charge in [0.1, 0.15) is 0 Å². The Kier molecular flexibility index (Phi) is 5.28. The average molecular weight is 371 g/mol. The fourth-order valence-corrected chi connectivity index (χ4v) is 4.48. The minimum Gasteiger partial charge on any atom is -0.494 e. The van der Waals surface area contributed by atoms with Gasteiger partial charge in [0.05, 0.1) is 17.2 Å². The van der Waals surface area contributed by atoms with Crippen molar-refractivity contribution in [1.82, 2.24) is 9.80 Å². The van der Waals surface area contributed by atoms with Crippen molar-refractivity contribution in [2.75, 3.05) is 40.3 Å². The van der Waals surface area contributed by atoms with Crippen molar-refractivity contribution in [3.05, 3.63) is 27.7 Å². The van der Waals surface area contributed by atoms with Crippen LogP contribution in [-0.2, 0) is 0 Å². The highest BCUT2D eigenvalue weighted by molar-refractivity contribution is 6.37. The van der Waals surface area contributed by atoms with Crippen LogP contribution in [0.2, 0.25) is 10.0 Å². The summed E-state index contributed by atoms with van der Waals surface area (Å²) in [4.78, 5) is 17.1. The van der Waals surface area contributed by atoms with E-state index >= 15 is 0 Å². The molecule has 0 N–H and O–H groups in total. The molecule has 6 heteroatoms. The van der Waals surface area contributed by atoms with E-state index in [2.05, 4.69) is 11.9 Å². The van der Waals surface area contributed by atoms with Crippen LogP contribution in [0.5, 0.6) is 5.75 Å². The van der Waals surface area contributed by atoms with Gasteiger partial charge in [-0.2, -0.15) is 0 Å². The van der Waals surface area contributed by atoms with Gasteiger partial charge in [0, 0.05) is 18.7 Å². The number of piperidine rings is 2. The zero-order valence-electron chi connectivity index (χ0n) is 14.3. The van der Waals surface area contributed by atoms with Crippen LogP contribution in [-0.4, -0.2) is 56.0 Å². The number of methoxy groups -OCH3 is 1. The topological polar surface area (TPSA) is 32.8 Å². The maximum Gasteiger partial charge on any atom is 0.253 e. The third-order valence-corrected chi connectivity index (χ3v) is 6.17. The third-order valence-electron chi connectivity index (χ3n) is 5.61.